The monoisotopic (exact) mass is 204 g/mol. The molecule has 14 heavy (non-hydrogen) atoms. The lowest BCUT2D eigenvalue weighted by Crippen LogP contribution is -2.05. The minimum atomic E-state index is -4.49. The van der Waals surface area contributed by atoms with E-state index in [0.717, 1.165) is 12.3 Å². The topological polar surface area (TPSA) is 17.8 Å². The zero-order chi connectivity index (χ0) is 10.3. The lowest BCUT2D eigenvalue weighted by atomic mass is 10.2. The van der Waals surface area contributed by atoms with E-state index in [9.17, 15) is 17.7 Å². The Morgan fingerprint density at radius 3 is 2.64 bits per heavy atom. The molecule has 74 valence electrons. The van der Waals surface area contributed by atoms with Gasteiger partial charge in [0.2, 0.25) is 0 Å². The van der Waals surface area contributed by atoms with Crippen LogP contribution in [-0.2, 0) is 6.18 Å². The summed E-state index contributed by atoms with van der Waals surface area (Å²) in [6, 6.07) is 2.03. The van der Waals surface area contributed by atoms with Crippen LogP contribution in [0.5, 0.6) is 0 Å². The van der Waals surface area contributed by atoms with Crippen LogP contribution in [0.15, 0.2) is 24.5 Å². The van der Waals surface area contributed by atoms with Crippen molar-refractivity contribution in [2.75, 3.05) is 0 Å². The molecule has 0 saturated carbocycles. The summed E-state index contributed by atoms with van der Waals surface area (Å²) in [5.41, 5.74) is -0.942. The number of halogens is 4. The van der Waals surface area contributed by atoms with Gasteiger partial charge in [0, 0.05) is 12.4 Å². The number of fused-ring (bicyclic) bond motifs is 1. The molecule has 6 heteroatoms. The van der Waals surface area contributed by atoms with Crippen molar-refractivity contribution in [2.45, 2.75) is 6.18 Å². The highest BCUT2D eigenvalue weighted by atomic mass is 19.4. The van der Waals surface area contributed by atoms with Crippen LogP contribution in [0.25, 0.3) is 11.0 Å². The molecule has 0 spiro atoms. The van der Waals surface area contributed by atoms with Crippen molar-refractivity contribution >= 4 is 11.0 Å². The van der Waals surface area contributed by atoms with Crippen molar-refractivity contribution in [3.8, 4) is 0 Å². The summed E-state index contributed by atoms with van der Waals surface area (Å²) in [5.74, 6) is 0. The summed E-state index contributed by atoms with van der Waals surface area (Å²) in [6.07, 6.45) is -2.80. The second-order valence-electron chi connectivity index (χ2n) is 2.75. The fourth-order valence-corrected chi connectivity index (χ4v) is 1.13. The van der Waals surface area contributed by atoms with E-state index < -0.39 is 11.7 Å². The van der Waals surface area contributed by atoms with Gasteiger partial charge in [0.1, 0.15) is 5.52 Å². The standard InChI is InChI=1S/C8H4F4N2/c9-8(10,11)5-3-7-6(13-4-5)1-2-14(7)12/h1-4H. The quantitative estimate of drug-likeness (QED) is 0.603. The summed E-state index contributed by atoms with van der Waals surface area (Å²) >= 11 is 0. The Hall–Kier alpha value is -1.59. The van der Waals surface area contributed by atoms with Gasteiger partial charge in [-0.1, -0.05) is 4.48 Å². The molecule has 2 aromatic rings. The lowest BCUT2D eigenvalue weighted by molar-refractivity contribution is -0.137. The number of hydrogen-bond donors (Lipinski definition) is 0. The molecule has 0 amide bonds. The first-order chi connectivity index (χ1) is 6.48. The van der Waals surface area contributed by atoms with Gasteiger partial charge in [0.25, 0.3) is 0 Å². The number of pyridine rings is 1. The Balaban J connectivity index is 2.66. The van der Waals surface area contributed by atoms with Gasteiger partial charge in [-0.15, -0.1) is 0 Å². The zero-order valence-corrected chi connectivity index (χ0v) is 6.72. The minimum absolute atomic E-state index is 0.109. The first-order valence-corrected chi connectivity index (χ1v) is 3.69. The predicted octanol–water partition coefficient (Wildman–Crippen LogP) is 2.79. The molecule has 2 aromatic heterocycles. The number of rotatable bonds is 0. The van der Waals surface area contributed by atoms with Crippen LogP contribution in [0.1, 0.15) is 5.56 Å². The average molecular weight is 204 g/mol. The number of aromatic nitrogens is 2. The van der Waals surface area contributed by atoms with E-state index in [1.165, 1.54) is 6.07 Å². The second-order valence-corrected chi connectivity index (χ2v) is 2.75. The van der Waals surface area contributed by atoms with Gasteiger partial charge >= 0.3 is 6.18 Å². The van der Waals surface area contributed by atoms with E-state index in [1.807, 2.05) is 0 Å². The summed E-state index contributed by atoms with van der Waals surface area (Å²) < 4.78 is 49.4. The fourth-order valence-electron chi connectivity index (χ4n) is 1.13. The van der Waals surface area contributed by atoms with Gasteiger partial charge in [0.05, 0.1) is 11.1 Å². The van der Waals surface area contributed by atoms with Crippen LogP contribution in [0.4, 0.5) is 17.7 Å². The number of hydrogen-bond acceptors (Lipinski definition) is 1. The second kappa shape index (κ2) is 2.70. The summed E-state index contributed by atoms with van der Waals surface area (Å²) in [7, 11) is 0. The third-order valence-corrected chi connectivity index (χ3v) is 1.82. The maximum Gasteiger partial charge on any atom is 0.417 e. The van der Waals surface area contributed by atoms with Crippen molar-refractivity contribution in [2.24, 2.45) is 0 Å². The smallest absolute Gasteiger partial charge is 0.254 e. The highest BCUT2D eigenvalue weighted by molar-refractivity contribution is 5.75. The van der Waals surface area contributed by atoms with Crippen molar-refractivity contribution in [3.63, 3.8) is 0 Å². The van der Waals surface area contributed by atoms with E-state index in [0.29, 0.717) is 6.20 Å². The van der Waals surface area contributed by atoms with Crippen molar-refractivity contribution in [1.82, 2.24) is 9.77 Å². The first kappa shape index (κ1) is 8.98. The van der Waals surface area contributed by atoms with E-state index in [4.69, 9.17) is 0 Å². The van der Waals surface area contributed by atoms with Gasteiger partial charge < -0.3 is 0 Å². The molecule has 0 N–H and O–H groups in total. The zero-order valence-electron chi connectivity index (χ0n) is 6.72. The SMILES string of the molecule is Fn1ccc2ncc(C(F)(F)F)cc21. The molecular weight excluding hydrogens is 200 g/mol. The molecule has 2 nitrogen and oxygen atoms in total. The molecule has 0 fully saturated rings. The maximum atomic E-state index is 12.8. The van der Waals surface area contributed by atoms with E-state index >= 15 is 0 Å². The maximum absolute atomic E-state index is 12.8. The molecule has 0 saturated heterocycles. The highest BCUT2D eigenvalue weighted by Crippen LogP contribution is 2.30. The Bertz CT molecular complexity index is 472. The Morgan fingerprint density at radius 1 is 1.29 bits per heavy atom. The van der Waals surface area contributed by atoms with Gasteiger partial charge in [-0.2, -0.15) is 18.0 Å². The Kier molecular flexibility index (Phi) is 1.73. The summed E-state index contributed by atoms with van der Waals surface area (Å²) in [4.78, 5) is 3.60. The first-order valence-electron chi connectivity index (χ1n) is 3.69. The van der Waals surface area contributed by atoms with Crippen LogP contribution in [0.3, 0.4) is 0 Å². The average Bonchev–Trinajstić information content (AvgIpc) is 2.46. The van der Waals surface area contributed by atoms with Crippen LogP contribution in [0, 0.1) is 0 Å². The molecule has 0 aromatic carbocycles. The molecule has 0 radical (unpaired) electrons. The molecule has 0 aliphatic carbocycles. The third kappa shape index (κ3) is 1.32. The van der Waals surface area contributed by atoms with E-state index in [2.05, 4.69) is 4.98 Å². The Labute approximate surface area is 75.7 Å². The molecule has 0 aliphatic heterocycles. The molecule has 0 unspecified atom stereocenters. The Morgan fingerprint density at radius 2 is 2.00 bits per heavy atom. The molecule has 0 bridgehead atoms. The molecular formula is C8H4F4N2. The van der Waals surface area contributed by atoms with Crippen LogP contribution in [0.2, 0.25) is 0 Å². The number of alkyl halides is 3. The van der Waals surface area contributed by atoms with Crippen LogP contribution < -0.4 is 0 Å². The number of nitrogens with zero attached hydrogens (tertiary/aromatic N) is 2. The van der Waals surface area contributed by atoms with Gasteiger partial charge in [0.15, 0.2) is 0 Å². The van der Waals surface area contributed by atoms with Gasteiger partial charge in [-0.05, 0) is 12.1 Å². The lowest BCUT2D eigenvalue weighted by Gasteiger charge is -2.05. The van der Waals surface area contributed by atoms with Gasteiger partial charge in [-0.3, -0.25) is 4.98 Å². The largest absolute Gasteiger partial charge is 0.417 e. The van der Waals surface area contributed by atoms with Crippen LogP contribution in [-0.4, -0.2) is 9.77 Å². The minimum Gasteiger partial charge on any atom is -0.254 e. The normalized spacial score (nSPS) is 12.3. The fraction of sp³-hybridized carbons (Fsp3) is 0.125. The molecule has 0 aliphatic rings. The van der Waals surface area contributed by atoms with Crippen molar-refractivity contribution < 1.29 is 17.7 Å². The highest BCUT2D eigenvalue weighted by Gasteiger charge is 2.31. The van der Waals surface area contributed by atoms with E-state index in [-0.39, 0.29) is 15.8 Å². The molecule has 2 heterocycles. The van der Waals surface area contributed by atoms with Crippen molar-refractivity contribution in [1.29, 1.82) is 0 Å². The van der Waals surface area contributed by atoms with E-state index in [1.54, 1.807) is 0 Å². The predicted molar refractivity (Wildman–Crippen MR) is 41.2 cm³/mol. The van der Waals surface area contributed by atoms with Gasteiger partial charge in [-0.25, -0.2) is 0 Å². The van der Waals surface area contributed by atoms with Crippen molar-refractivity contribution in [3.05, 3.63) is 30.1 Å². The third-order valence-electron chi connectivity index (χ3n) is 1.82. The molecule has 2 rings (SSSR count). The summed E-state index contributed by atoms with van der Waals surface area (Å²) in [6.45, 7) is 0. The molecule has 0 atom stereocenters. The summed E-state index contributed by atoms with van der Waals surface area (Å²) in [5, 5.41) is 0. The van der Waals surface area contributed by atoms with Crippen LogP contribution >= 0.6 is 0 Å².